The summed E-state index contributed by atoms with van der Waals surface area (Å²) in [5.74, 6) is 0.826. The number of hydrogen-bond acceptors (Lipinski definition) is 5. The molecule has 0 saturated heterocycles. The molecule has 3 nitrogen and oxygen atoms in total. The lowest BCUT2D eigenvalue weighted by atomic mass is 10.2. The normalized spacial score (nSPS) is 11.6. The van der Waals surface area contributed by atoms with Crippen LogP contribution in [0.4, 0.5) is 13.2 Å². The van der Waals surface area contributed by atoms with E-state index in [4.69, 9.17) is 4.74 Å². The Bertz CT molecular complexity index is 572. The topological polar surface area (TPSA) is 35.0 Å². The minimum Gasteiger partial charge on any atom is -0.484 e. The van der Waals surface area contributed by atoms with Crippen molar-refractivity contribution in [2.45, 2.75) is 23.2 Å². The fourth-order valence-corrected chi connectivity index (χ4v) is 3.13. The van der Waals surface area contributed by atoms with Crippen LogP contribution in [-0.2, 0) is 5.75 Å². The number of aryl methyl sites for hydroxylation is 1. The summed E-state index contributed by atoms with van der Waals surface area (Å²) in [6.45, 7) is 0.590. The van der Waals surface area contributed by atoms with Crippen molar-refractivity contribution in [3.8, 4) is 5.75 Å². The molecular formula is C12H11F3N2OS2. The third kappa shape index (κ3) is 5.01. The van der Waals surface area contributed by atoms with Gasteiger partial charge in [-0.15, -0.1) is 10.2 Å². The van der Waals surface area contributed by atoms with Gasteiger partial charge >= 0.3 is 6.18 Å². The van der Waals surface area contributed by atoms with E-state index in [-0.39, 0.29) is 5.75 Å². The molecule has 1 aromatic carbocycles. The standard InChI is InChI=1S/C12H11F3N2OS2/c1-8-16-17-11(20-8)19-6-9-3-2-4-10(5-9)18-7-12(13,14)15/h2-5H,6-7H2,1H3. The number of thioether (sulfide) groups is 1. The summed E-state index contributed by atoms with van der Waals surface area (Å²) < 4.78 is 41.8. The van der Waals surface area contributed by atoms with E-state index in [0.29, 0.717) is 5.75 Å². The van der Waals surface area contributed by atoms with Crippen molar-refractivity contribution >= 4 is 23.1 Å². The van der Waals surface area contributed by atoms with Gasteiger partial charge in [-0.05, 0) is 24.6 Å². The van der Waals surface area contributed by atoms with E-state index in [1.807, 2.05) is 13.0 Å². The Kier molecular flexibility index (Phi) is 4.87. The molecule has 0 bridgehead atoms. The molecule has 108 valence electrons. The molecule has 0 spiro atoms. The summed E-state index contributed by atoms with van der Waals surface area (Å²) in [7, 11) is 0. The Balaban J connectivity index is 1.92. The zero-order chi connectivity index (χ0) is 14.6. The van der Waals surface area contributed by atoms with Crippen LogP contribution >= 0.6 is 23.1 Å². The molecule has 2 rings (SSSR count). The largest absolute Gasteiger partial charge is 0.484 e. The van der Waals surface area contributed by atoms with E-state index in [1.165, 1.54) is 29.2 Å². The zero-order valence-corrected chi connectivity index (χ0v) is 12.1. The van der Waals surface area contributed by atoms with Gasteiger partial charge in [-0.25, -0.2) is 0 Å². The van der Waals surface area contributed by atoms with Crippen LogP contribution < -0.4 is 4.74 Å². The van der Waals surface area contributed by atoms with E-state index < -0.39 is 12.8 Å². The van der Waals surface area contributed by atoms with Crippen LogP contribution in [-0.4, -0.2) is 23.0 Å². The lowest BCUT2D eigenvalue weighted by Gasteiger charge is -2.09. The molecule has 0 aliphatic carbocycles. The van der Waals surface area contributed by atoms with E-state index in [2.05, 4.69) is 10.2 Å². The molecule has 0 saturated carbocycles. The number of alkyl halides is 3. The van der Waals surface area contributed by atoms with Gasteiger partial charge in [-0.1, -0.05) is 35.2 Å². The molecule has 0 atom stereocenters. The second-order valence-corrected chi connectivity index (χ2v) is 6.33. The molecule has 0 amide bonds. The van der Waals surface area contributed by atoms with Gasteiger partial charge in [0.25, 0.3) is 0 Å². The van der Waals surface area contributed by atoms with E-state index >= 15 is 0 Å². The van der Waals surface area contributed by atoms with Crippen LogP contribution in [0.25, 0.3) is 0 Å². The maximum absolute atomic E-state index is 12.1. The number of aromatic nitrogens is 2. The summed E-state index contributed by atoms with van der Waals surface area (Å²) in [5, 5.41) is 8.76. The monoisotopic (exact) mass is 320 g/mol. The average molecular weight is 320 g/mol. The van der Waals surface area contributed by atoms with Crippen LogP contribution in [0.3, 0.4) is 0 Å². The lowest BCUT2D eigenvalue weighted by Crippen LogP contribution is -2.19. The average Bonchev–Trinajstić information content (AvgIpc) is 2.80. The summed E-state index contributed by atoms with van der Waals surface area (Å²) in [5.41, 5.74) is 0.877. The minimum atomic E-state index is -4.32. The molecule has 8 heteroatoms. The van der Waals surface area contributed by atoms with Crippen LogP contribution in [0, 0.1) is 6.92 Å². The van der Waals surface area contributed by atoms with Crippen LogP contribution in [0.5, 0.6) is 5.75 Å². The highest BCUT2D eigenvalue weighted by atomic mass is 32.2. The quantitative estimate of drug-likeness (QED) is 0.778. The molecule has 20 heavy (non-hydrogen) atoms. The smallest absolute Gasteiger partial charge is 0.422 e. The SMILES string of the molecule is Cc1nnc(SCc2cccc(OCC(F)(F)F)c2)s1. The van der Waals surface area contributed by atoms with Crippen molar-refractivity contribution in [1.82, 2.24) is 10.2 Å². The van der Waals surface area contributed by atoms with Gasteiger partial charge in [-0.3, -0.25) is 0 Å². The van der Waals surface area contributed by atoms with Gasteiger partial charge < -0.3 is 4.74 Å². The van der Waals surface area contributed by atoms with Crippen LogP contribution in [0.2, 0.25) is 0 Å². The summed E-state index contributed by atoms with van der Waals surface area (Å²) in [6.07, 6.45) is -4.32. The summed E-state index contributed by atoms with van der Waals surface area (Å²) >= 11 is 2.98. The molecule has 0 N–H and O–H groups in total. The number of rotatable bonds is 5. The third-order valence-electron chi connectivity index (χ3n) is 2.17. The number of nitrogens with zero attached hydrogens (tertiary/aromatic N) is 2. The molecule has 2 aromatic rings. The number of benzene rings is 1. The lowest BCUT2D eigenvalue weighted by molar-refractivity contribution is -0.153. The first-order valence-corrected chi connectivity index (χ1v) is 7.44. The van der Waals surface area contributed by atoms with Crippen molar-refractivity contribution in [2.75, 3.05) is 6.61 Å². The number of halogens is 3. The van der Waals surface area contributed by atoms with Gasteiger partial charge in [-0.2, -0.15) is 13.2 Å². The van der Waals surface area contributed by atoms with Crippen LogP contribution in [0.15, 0.2) is 28.6 Å². The molecule has 0 aliphatic heterocycles. The number of ether oxygens (including phenoxy) is 1. The maximum atomic E-state index is 12.1. The first-order valence-electron chi connectivity index (χ1n) is 5.64. The molecule has 0 aliphatic rings. The molecule has 1 aromatic heterocycles. The number of hydrogen-bond donors (Lipinski definition) is 0. The fraction of sp³-hybridized carbons (Fsp3) is 0.333. The van der Waals surface area contributed by atoms with Gasteiger partial charge in [0.1, 0.15) is 10.8 Å². The Morgan fingerprint density at radius 2 is 2.10 bits per heavy atom. The first-order chi connectivity index (χ1) is 9.42. The minimum absolute atomic E-state index is 0.217. The first kappa shape index (κ1) is 15.1. The summed E-state index contributed by atoms with van der Waals surface area (Å²) in [4.78, 5) is 0. The predicted octanol–water partition coefficient (Wildman–Crippen LogP) is 4.08. The van der Waals surface area contributed by atoms with E-state index in [9.17, 15) is 13.2 Å². The molecule has 1 heterocycles. The van der Waals surface area contributed by atoms with Crippen molar-refractivity contribution in [2.24, 2.45) is 0 Å². The highest BCUT2D eigenvalue weighted by Crippen LogP contribution is 2.27. The zero-order valence-electron chi connectivity index (χ0n) is 10.5. The van der Waals surface area contributed by atoms with Crippen molar-refractivity contribution in [3.05, 3.63) is 34.8 Å². The van der Waals surface area contributed by atoms with Crippen molar-refractivity contribution in [3.63, 3.8) is 0 Å². The maximum Gasteiger partial charge on any atom is 0.422 e. The molecule has 0 radical (unpaired) electrons. The predicted molar refractivity (Wildman–Crippen MR) is 72.2 cm³/mol. The highest BCUT2D eigenvalue weighted by Gasteiger charge is 2.28. The third-order valence-corrected chi connectivity index (χ3v) is 4.21. The second-order valence-electron chi connectivity index (χ2n) is 3.93. The molecule has 0 unspecified atom stereocenters. The van der Waals surface area contributed by atoms with Crippen molar-refractivity contribution in [1.29, 1.82) is 0 Å². The Morgan fingerprint density at radius 3 is 2.75 bits per heavy atom. The van der Waals surface area contributed by atoms with E-state index in [0.717, 1.165) is 14.9 Å². The molecular weight excluding hydrogens is 309 g/mol. The van der Waals surface area contributed by atoms with E-state index in [1.54, 1.807) is 12.1 Å². The summed E-state index contributed by atoms with van der Waals surface area (Å²) in [6, 6.07) is 6.62. The Labute approximate surface area is 122 Å². The van der Waals surface area contributed by atoms with Crippen molar-refractivity contribution < 1.29 is 17.9 Å². The van der Waals surface area contributed by atoms with Gasteiger partial charge in [0.05, 0.1) is 0 Å². The highest BCUT2D eigenvalue weighted by molar-refractivity contribution is 8.00. The Hall–Kier alpha value is -1.28. The fourth-order valence-electron chi connectivity index (χ4n) is 1.37. The van der Waals surface area contributed by atoms with Crippen LogP contribution in [0.1, 0.15) is 10.6 Å². The Morgan fingerprint density at radius 1 is 1.30 bits per heavy atom. The van der Waals surface area contributed by atoms with Gasteiger partial charge in [0.15, 0.2) is 10.9 Å². The molecule has 0 fully saturated rings. The van der Waals surface area contributed by atoms with Gasteiger partial charge in [0, 0.05) is 5.75 Å². The van der Waals surface area contributed by atoms with Gasteiger partial charge in [0.2, 0.25) is 0 Å². The second kappa shape index (κ2) is 6.45.